The molecule has 1 amide bonds. The quantitative estimate of drug-likeness (QED) is 0.387. The second-order valence-electron chi connectivity index (χ2n) is 6.77. The molecule has 1 fully saturated rings. The van der Waals surface area contributed by atoms with Gasteiger partial charge in [-0.2, -0.15) is 0 Å². The molecule has 1 aliphatic rings. The van der Waals surface area contributed by atoms with Gasteiger partial charge < -0.3 is 15.8 Å². The zero-order valence-electron chi connectivity index (χ0n) is 15.4. The molecule has 4 rings (SSSR count). The second kappa shape index (κ2) is 7.40. The highest BCUT2D eigenvalue weighted by Crippen LogP contribution is 2.18. The first kappa shape index (κ1) is 18.1. The van der Waals surface area contributed by atoms with Crippen LogP contribution in [0.1, 0.15) is 23.2 Å². The van der Waals surface area contributed by atoms with Crippen molar-refractivity contribution in [2.75, 3.05) is 18.9 Å². The van der Waals surface area contributed by atoms with Crippen LogP contribution >= 0.6 is 0 Å². The van der Waals surface area contributed by atoms with Crippen molar-refractivity contribution in [3.63, 3.8) is 0 Å². The van der Waals surface area contributed by atoms with Gasteiger partial charge in [-0.25, -0.2) is 4.57 Å². The number of ether oxygens (including phenoxy) is 1. The van der Waals surface area contributed by atoms with Gasteiger partial charge in [-0.05, 0) is 31.0 Å². The van der Waals surface area contributed by atoms with Gasteiger partial charge in [0.15, 0.2) is 0 Å². The van der Waals surface area contributed by atoms with Gasteiger partial charge in [-0.15, -0.1) is 6.58 Å². The Labute approximate surface area is 161 Å². The van der Waals surface area contributed by atoms with Crippen LogP contribution in [0.25, 0.3) is 16.7 Å². The minimum Gasteiger partial charge on any atom is -0.375 e. The highest BCUT2D eigenvalue weighted by molar-refractivity contribution is 6.00. The molecule has 144 valence electrons. The summed E-state index contributed by atoms with van der Waals surface area (Å²) in [5.74, 6) is -0.102. The van der Waals surface area contributed by atoms with Crippen molar-refractivity contribution in [1.82, 2.24) is 14.7 Å². The van der Waals surface area contributed by atoms with E-state index < -0.39 is 0 Å². The Morgan fingerprint density at radius 3 is 3.11 bits per heavy atom. The summed E-state index contributed by atoms with van der Waals surface area (Å²) in [6, 6.07) is 6.86. The average Bonchev–Trinajstić information content (AvgIpc) is 3.22. The molecule has 0 spiro atoms. The third-order valence-corrected chi connectivity index (χ3v) is 4.92. The molecular weight excluding hydrogens is 358 g/mol. The second-order valence-corrected chi connectivity index (χ2v) is 6.77. The van der Waals surface area contributed by atoms with Gasteiger partial charge in [-0.3, -0.25) is 14.0 Å². The van der Waals surface area contributed by atoms with Gasteiger partial charge in [0, 0.05) is 19.3 Å². The topological polar surface area (TPSA) is 103 Å². The Morgan fingerprint density at radius 2 is 2.36 bits per heavy atom. The van der Waals surface area contributed by atoms with Crippen LogP contribution in [0.4, 0.5) is 5.82 Å². The average molecular weight is 380 g/mol. The summed E-state index contributed by atoms with van der Waals surface area (Å²) in [7, 11) is 0. The summed E-state index contributed by atoms with van der Waals surface area (Å²) in [5.41, 5.74) is 7.32. The molecule has 0 saturated carbocycles. The van der Waals surface area contributed by atoms with E-state index in [9.17, 15) is 9.59 Å². The summed E-state index contributed by atoms with van der Waals surface area (Å²) >= 11 is 0. The lowest BCUT2D eigenvalue weighted by Crippen LogP contribution is -2.46. The summed E-state index contributed by atoms with van der Waals surface area (Å²) in [5, 5.41) is 3.05. The maximum atomic E-state index is 13.1. The summed E-state index contributed by atoms with van der Waals surface area (Å²) in [4.78, 5) is 30.3. The molecule has 8 nitrogen and oxygen atoms in total. The number of hydrogen-bond donors (Lipinski definition) is 2. The van der Waals surface area contributed by atoms with Crippen LogP contribution in [0.15, 0.2) is 47.9 Å². The zero-order chi connectivity index (χ0) is 19.7. The SMILES string of the molecule is C=CCNC(=O)c1cc2c(=O)n3ccccc3nc2[n+](C[C@@H]2CCCO2)c1N. The number of hydrogen-bond acceptors (Lipinski definition) is 5. The van der Waals surface area contributed by atoms with E-state index in [0.717, 1.165) is 12.8 Å². The fourth-order valence-electron chi connectivity index (χ4n) is 3.52. The van der Waals surface area contributed by atoms with Crippen molar-refractivity contribution in [3.8, 4) is 0 Å². The first-order valence-corrected chi connectivity index (χ1v) is 9.24. The monoisotopic (exact) mass is 380 g/mol. The van der Waals surface area contributed by atoms with Gasteiger partial charge in [0.1, 0.15) is 10.9 Å². The molecule has 0 radical (unpaired) electrons. The normalized spacial score (nSPS) is 16.5. The van der Waals surface area contributed by atoms with Gasteiger partial charge >= 0.3 is 0 Å². The number of nitrogens with two attached hydrogens (primary N) is 1. The van der Waals surface area contributed by atoms with Crippen molar-refractivity contribution < 1.29 is 14.1 Å². The smallest absolute Gasteiger partial charge is 0.278 e. The standard InChI is InChI=1S/C20H21N5O3/c1-2-8-22-19(26)14-11-15-18(23-16-7-3-4-9-24(16)20(15)27)25(17(14)21)12-13-6-5-10-28-13/h2-4,7,9,11,13,21H,1,5-6,8,10,12H2,(H,22,26)/p+1/t13-/m0/s1. The van der Waals surface area contributed by atoms with Gasteiger partial charge in [0.2, 0.25) is 11.5 Å². The maximum absolute atomic E-state index is 13.1. The van der Waals surface area contributed by atoms with E-state index in [0.29, 0.717) is 36.4 Å². The predicted molar refractivity (Wildman–Crippen MR) is 105 cm³/mol. The van der Waals surface area contributed by atoms with E-state index >= 15 is 0 Å². The molecule has 28 heavy (non-hydrogen) atoms. The third kappa shape index (κ3) is 3.11. The van der Waals surface area contributed by atoms with E-state index in [1.165, 1.54) is 10.5 Å². The molecule has 4 heterocycles. The summed E-state index contributed by atoms with van der Waals surface area (Å²) in [6.45, 7) is 5.03. The number of rotatable bonds is 5. The predicted octanol–water partition coefficient (Wildman–Crippen LogP) is 0.812. The zero-order valence-corrected chi connectivity index (χ0v) is 15.4. The molecule has 3 aromatic rings. The van der Waals surface area contributed by atoms with Gasteiger partial charge in [0.05, 0.1) is 12.6 Å². The van der Waals surface area contributed by atoms with Gasteiger partial charge in [0.25, 0.3) is 17.1 Å². The Kier molecular flexibility index (Phi) is 4.79. The molecule has 1 saturated heterocycles. The number of pyridine rings is 2. The lowest BCUT2D eigenvalue weighted by molar-refractivity contribution is -0.666. The van der Waals surface area contributed by atoms with Crippen molar-refractivity contribution in [2.45, 2.75) is 25.5 Å². The molecule has 3 N–H and O–H groups in total. The van der Waals surface area contributed by atoms with Crippen molar-refractivity contribution >= 4 is 28.4 Å². The van der Waals surface area contributed by atoms with Crippen LogP contribution in [0, 0.1) is 0 Å². The maximum Gasteiger partial charge on any atom is 0.278 e. The molecule has 8 heteroatoms. The number of anilines is 1. The van der Waals surface area contributed by atoms with E-state index in [4.69, 9.17) is 10.5 Å². The van der Waals surface area contributed by atoms with Gasteiger partial charge in [-0.1, -0.05) is 17.1 Å². The first-order chi connectivity index (χ1) is 13.6. The largest absolute Gasteiger partial charge is 0.375 e. The van der Waals surface area contributed by atoms with Crippen LogP contribution in [-0.2, 0) is 11.3 Å². The minimum atomic E-state index is -0.363. The molecule has 1 atom stereocenters. The van der Waals surface area contributed by atoms with Crippen molar-refractivity contribution in [2.24, 2.45) is 0 Å². The van der Waals surface area contributed by atoms with E-state index in [-0.39, 0.29) is 29.0 Å². The van der Waals surface area contributed by atoms with E-state index in [1.807, 2.05) is 6.07 Å². The first-order valence-electron chi connectivity index (χ1n) is 9.24. The third-order valence-electron chi connectivity index (χ3n) is 4.92. The van der Waals surface area contributed by atoms with Crippen LogP contribution in [0.5, 0.6) is 0 Å². The number of fused-ring (bicyclic) bond motifs is 2. The Bertz CT molecular complexity index is 1130. The van der Waals surface area contributed by atoms with Crippen LogP contribution in [-0.4, -0.2) is 34.5 Å². The highest BCUT2D eigenvalue weighted by atomic mass is 16.5. The van der Waals surface area contributed by atoms with E-state index in [1.54, 1.807) is 29.0 Å². The van der Waals surface area contributed by atoms with Crippen LogP contribution in [0.2, 0.25) is 0 Å². The number of nitrogen functional groups attached to an aromatic ring is 1. The fourth-order valence-corrected chi connectivity index (χ4v) is 3.52. The Balaban J connectivity index is 1.97. The molecule has 3 aromatic heterocycles. The Morgan fingerprint density at radius 1 is 1.50 bits per heavy atom. The molecular formula is C20H22N5O3+. The summed E-state index contributed by atoms with van der Waals surface area (Å²) in [6.07, 6.45) is 5.08. The number of aromatic nitrogens is 3. The number of nitrogens with zero attached hydrogens (tertiary/aromatic N) is 3. The molecule has 1 aliphatic heterocycles. The summed E-state index contributed by atoms with van der Waals surface area (Å²) < 4.78 is 8.93. The molecule has 0 unspecified atom stereocenters. The fraction of sp³-hybridized carbons (Fsp3) is 0.300. The van der Waals surface area contributed by atoms with Crippen LogP contribution in [0.3, 0.4) is 0 Å². The number of carbonyl (C=O) groups is 1. The van der Waals surface area contributed by atoms with Crippen molar-refractivity contribution in [3.05, 3.63) is 59.0 Å². The Hall–Kier alpha value is -3.26. The number of carbonyl (C=O) groups excluding carboxylic acids is 1. The van der Waals surface area contributed by atoms with Crippen LogP contribution < -0.4 is 21.2 Å². The lowest BCUT2D eigenvalue weighted by Gasteiger charge is -2.15. The van der Waals surface area contributed by atoms with E-state index in [2.05, 4.69) is 16.9 Å². The lowest BCUT2D eigenvalue weighted by atomic mass is 10.1. The highest BCUT2D eigenvalue weighted by Gasteiger charge is 2.27. The van der Waals surface area contributed by atoms with Crippen molar-refractivity contribution in [1.29, 1.82) is 0 Å². The minimum absolute atomic E-state index is 0.0296. The molecule has 0 aromatic carbocycles. The number of nitrogens with one attached hydrogen (secondary N) is 1. The number of amides is 1. The molecule has 0 aliphatic carbocycles. The molecule has 0 bridgehead atoms.